The van der Waals surface area contributed by atoms with Gasteiger partial charge in [0, 0.05) is 115 Å². The number of morpholine rings is 2. The van der Waals surface area contributed by atoms with Crippen LogP contribution in [-0.4, -0.2) is 135 Å². The van der Waals surface area contributed by atoms with E-state index in [2.05, 4.69) is 60.7 Å². The van der Waals surface area contributed by atoms with Gasteiger partial charge in [-0.05, 0) is 50.5 Å². The van der Waals surface area contributed by atoms with Gasteiger partial charge in [-0.15, -0.1) is 0 Å². The summed E-state index contributed by atoms with van der Waals surface area (Å²) in [5, 5.41) is 8.74. The molecule has 19 nitrogen and oxygen atoms in total. The molecule has 0 aliphatic carbocycles. The van der Waals surface area contributed by atoms with E-state index in [0.29, 0.717) is 37.9 Å². The van der Waals surface area contributed by atoms with Crippen molar-refractivity contribution in [3.8, 4) is 23.3 Å². The minimum atomic E-state index is -1.65. The van der Waals surface area contributed by atoms with Gasteiger partial charge in [-0.3, -0.25) is 0 Å². The number of aromatic nitrogens is 8. The molecule has 0 unspecified atom stereocenters. The molecule has 85 heavy (non-hydrogen) atoms. The second-order valence-corrected chi connectivity index (χ2v) is 17.1. The van der Waals surface area contributed by atoms with Crippen LogP contribution >= 0.6 is 0 Å². The number of rotatable bonds is 12. The van der Waals surface area contributed by atoms with Crippen molar-refractivity contribution >= 4 is 46.8 Å². The van der Waals surface area contributed by atoms with E-state index in [-0.39, 0.29) is 65.5 Å². The van der Waals surface area contributed by atoms with E-state index in [9.17, 15) is 35.1 Å². The number of para-hydroxylation sites is 2. The Hall–Kier alpha value is -9.08. The van der Waals surface area contributed by atoms with Gasteiger partial charge in [0.1, 0.15) is 11.6 Å². The van der Waals surface area contributed by atoms with Crippen molar-refractivity contribution in [3.63, 3.8) is 0 Å². The van der Waals surface area contributed by atoms with Gasteiger partial charge >= 0.3 is 0 Å². The van der Waals surface area contributed by atoms with Crippen LogP contribution in [0, 0.1) is 46.5 Å². The molecule has 10 rings (SSSR count). The summed E-state index contributed by atoms with van der Waals surface area (Å²) in [5.41, 5.74) is 1.65. The summed E-state index contributed by atoms with van der Waals surface area (Å²) in [6.07, 6.45) is 6.12. The fourth-order valence-corrected chi connectivity index (χ4v) is 6.72. The Balaban J connectivity index is 0.000000381. The number of anilines is 8. The third-order valence-electron chi connectivity index (χ3n) is 10.6. The number of hydrogen-bond acceptors (Lipinski definition) is 19. The Bertz CT molecular complexity index is 3180. The molecule has 3 N–H and O–H groups in total. The van der Waals surface area contributed by atoms with Crippen molar-refractivity contribution in [2.24, 2.45) is 0 Å². The molecule has 27 heteroatoms. The van der Waals surface area contributed by atoms with Gasteiger partial charge in [-0.1, -0.05) is 66.1 Å². The standard InChI is InChI=1S/C16H9F4N3O.C14H11F4N3O2.C12H14N4.C10H16N4O.C2H7N.4CH4/c17-10-8-11(18)14(20)15(13(10)19)24-12-6-7-21-16(23-12)22-9-4-2-1-3-5-9;15-8-7-9(16)12(18)13(11(8)17)23-10-1-2-19-14(20-10)21-3-5-22-6-4-21;1-16(2)11-8-9-13-12(15-11)14-10-6-4-3-5-7-10;1-13(2)9-3-4-11-10(12-9)14-5-7-15-8-6-14;1-3-2;;;;/h1-8H,(H,21,22,23);1-2,7H,3-6H2;3-9H,1-2H3,(H,13,14,15);3-4H,5-8H2,1-2H3;3H,1-2H3;4*1H4. The zero-order valence-electron chi connectivity index (χ0n) is 44.7. The molecule has 2 aliphatic rings. The average molecular weight is 1200 g/mol. The Labute approximate surface area is 491 Å². The van der Waals surface area contributed by atoms with Gasteiger partial charge in [-0.2, -0.15) is 37.5 Å². The van der Waals surface area contributed by atoms with Gasteiger partial charge in [-0.25, -0.2) is 37.5 Å². The average Bonchev–Trinajstić information content (AvgIpc) is 3.66. The minimum Gasteiger partial charge on any atom is -0.432 e. The van der Waals surface area contributed by atoms with Gasteiger partial charge in [0.25, 0.3) is 0 Å². The van der Waals surface area contributed by atoms with Gasteiger partial charge in [0.05, 0.1) is 26.4 Å². The molecule has 2 fully saturated rings. The zero-order valence-corrected chi connectivity index (χ0v) is 44.7. The van der Waals surface area contributed by atoms with Crippen LogP contribution < -0.4 is 45.0 Å². The normalized spacial score (nSPS) is 12.0. The highest BCUT2D eigenvalue weighted by Crippen LogP contribution is 2.32. The van der Waals surface area contributed by atoms with Crippen molar-refractivity contribution in [3.05, 3.63) is 168 Å². The van der Waals surface area contributed by atoms with E-state index in [4.69, 9.17) is 18.9 Å². The monoisotopic (exact) mass is 1200 g/mol. The molecule has 2 aliphatic heterocycles. The molecule has 0 saturated carbocycles. The predicted molar refractivity (Wildman–Crippen MR) is 317 cm³/mol. The van der Waals surface area contributed by atoms with Gasteiger partial charge < -0.3 is 54.5 Å². The van der Waals surface area contributed by atoms with E-state index in [1.54, 1.807) is 41.6 Å². The van der Waals surface area contributed by atoms with Crippen molar-refractivity contribution < 1.29 is 54.1 Å². The highest BCUT2D eigenvalue weighted by atomic mass is 19.2. The molecule has 0 bridgehead atoms. The van der Waals surface area contributed by atoms with Crippen LogP contribution in [0.1, 0.15) is 29.7 Å². The molecule has 8 aromatic rings. The zero-order chi connectivity index (χ0) is 58.3. The second kappa shape index (κ2) is 36.5. The van der Waals surface area contributed by atoms with E-state index in [1.165, 1.54) is 24.5 Å². The molecule has 2 saturated heterocycles. The van der Waals surface area contributed by atoms with E-state index >= 15 is 0 Å². The van der Waals surface area contributed by atoms with Crippen LogP contribution in [0.4, 0.5) is 81.9 Å². The molecule has 0 amide bonds. The Morgan fingerprint density at radius 2 is 0.765 bits per heavy atom. The fourth-order valence-electron chi connectivity index (χ4n) is 6.72. The molecule has 0 atom stereocenters. The summed E-state index contributed by atoms with van der Waals surface area (Å²) in [4.78, 5) is 41.0. The fraction of sp³-hybridized carbons (Fsp3) is 0.310. The summed E-state index contributed by atoms with van der Waals surface area (Å²) in [6, 6.07) is 25.1. The number of nitrogens with one attached hydrogen (secondary N) is 3. The molecular formula is C58H73F8N15O4. The maximum Gasteiger partial charge on any atom is 0.230 e. The lowest BCUT2D eigenvalue weighted by molar-refractivity contribution is 0.122. The Morgan fingerprint density at radius 3 is 1.16 bits per heavy atom. The number of nitrogens with zero attached hydrogens (tertiary/aromatic N) is 12. The summed E-state index contributed by atoms with van der Waals surface area (Å²) in [6.45, 7) is 5.33. The molecule has 0 spiro atoms. The maximum atomic E-state index is 13.6. The van der Waals surface area contributed by atoms with Crippen molar-refractivity contribution in [2.75, 3.05) is 125 Å². The number of hydrogen-bond donors (Lipinski definition) is 3. The van der Waals surface area contributed by atoms with Gasteiger partial charge in [0.2, 0.25) is 70.3 Å². The third kappa shape index (κ3) is 21.9. The number of benzene rings is 4. The highest BCUT2D eigenvalue weighted by molar-refractivity contribution is 5.55. The number of ether oxygens (including phenoxy) is 4. The lowest BCUT2D eigenvalue weighted by atomic mass is 10.3. The lowest BCUT2D eigenvalue weighted by Gasteiger charge is -2.27. The molecule has 4 aromatic heterocycles. The Kier molecular flexibility index (Phi) is 30.9. The van der Waals surface area contributed by atoms with E-state index in [1.807, 2.05) is 101 Å². The van der Waals surface area contributed by atoms with Crippen LogP contribution in [0.5, 0.6) is 23.3 Å². The SMILES string of the molecule is C.C.C.C.CN(C)c1ccnc(N2CCOCC2)n1.CN(C)c1ccnc(Nc2ccccc2)n1.CNC.Fc1cc(F)c(F)c(Oc2ccnc(N3CCOCC3)n2)c1F.Fc1cc(F)c(F)c(Oc2ccnc(Nc3ccccc3)n2)c1F. The van der Waals surface area contributed by atoms with Crippen LogP contribution in [0.15, 0.2) is 122 Å². The first kappa shape index (κ1) is 72.0. The van der Waals surface area contributed by atoms with Crippen molar-refractivity contribution in [1.82, 2.24) is 45.2 Å². The Morgan fingerprint density at radius 1 is 0.435 bits per heavy atom. The van der Waals surface area contributed by atoms with E-state index < -0.39 is 58.0 Å². The number of halogens is 8. The van der Waals surface area contributed by atoms with Crippen molar-refractivity contribution in [2.45, 2.75) is 29.7 Å². The maximum absolute atomic E-state index is 13.6. The molecule has 4 aromatic carbocycles. The van der Waals surface area contributed by atoms with E-state index in [0.717, 1.165) is 49.6 Å². The molecule has 460 valence electrons. The summed E-state index contributed by atoms with van der Waals surface area (Å²) >= 11 is 0. The minimum absolute atomic E-state index is 0. The first-order valence-corrected chi connectivity index (χ1v) is 24.6. The summed E-state index contributed by atoms with van der Waals surface area (Å²) in [7, 11) is 11.6. The molecule has 6 heterocycles. The third-order valence-corrected chi connectivity index (χ3v) is 10.6. The molecular weight excluding hydrogens is 1120 g/mol. The second-order valence-electron chi connectivity index (χ2n) is 17.1. The van der Waals surface area contributed by atoms with Crippen LogP contribution in [0.3, 0.4) is 0 Å². The smallest absolute Gasteiger partial charge is 0.230 e. The van der Waals surface area contributed by atoms with Crippen molar-refractivity contribution in [1.29, 1.82) is 0 Å². The highest BCUT2D eigenvalue weighted by Gasteiger charge is 2.24. The summed E-state index contributed by atoms with van der Waals surface area (Å²) < 4.78 is 127. The predicted octanol–water partition coefficient (Wildman–Crippen LogP) is 12.3. The topological polar surface area (TPSA) is 189 Å². The molecule has 0 radical (unpaired) electrons. The van der Waals surface area contributed by atoms with Gasteiger partial charge in [0.15, 0.2) is 23.3 Å². The lowest BCUT2D eigenvalue weighted by Crippen LogP contribution is -2.37. The quantitative estimate of drug-likeness (QED) is 0.0773. The largest absolute Gasteiger partial charge is 0.432 e. The van der Waals surface area contributed by atoms with Crippen LogP contribution in [-0.2, 0) is 9.47 Å². The van der Waals surface area contributed by atoms with Crippen LogP contribution in [0.2, 0.25) is 0 Å². The summed E-state index contributed by atoms with van der Waals surface area (Å²) in [5.74, 6) is -12.1. The first-order valence-electron chi connectivity index (χ1n) is 24.6. The van der Waals surface area contributed by atoms with Crippen LogP contribution in [0.25, 0.3) is 0 Å². The first-order chi connectivity index (χ1) is 39.0.